The summed E-state index contributed by atoms with van der Waals surface area (Å²) in [5.74, 6) is 0.614. The third-order valence-corrected chi connectivity index (χ3v) is 3.92. The van der Waals surface area contributed by atoms with Crippen molar-refractivity contribution >= 4 is 35.4 Å². The van der Waals surface area contributed by atoms with Crippen LogP contribution in [0.4, 0.5) is 0 Å². The molecule has 0 unspecified atom stereocenters. The molecule has 0 aliphatic rings. The Morgan fingerprint density at radius 2 is 1.86 bits per heavy atom. The number of rotatable bonds is 3. The first-order valence-electron chi connectivity index (χ1n) is 6.30. The molecule has 0 bridgehead atoms. The molecule has 1 aromatic heterocycles. The van der Waals surface area contributed by atoms with Crippen molar-refractivity contribution < 1.29 is 0 Å². The average molecular weight is 336 g/mol. The largest absolute Gasteiger partial charge is 0.279 e. The van der Waals surface area contributed by atoms with Crippen molar-refractivity contribution in [3.8, 4) is 11.4 Å². The number of aromatic amines is 1. The molecule has 6 heteroatoms. The van der Waals surface area contributed by atoms with Gasteiger partial charge in [-0.3, -0.25) is 9.78 Å². The molecule has 1 N–H and O–H groups in total. The number of H-pyrrole nitrogens is 1. The highest BCUT2D eigenvalue weighted by atomic mass is 35.5. The van der Waals surface area contributed by atoms with Gasteiger partial charge in [-0.2, -0.15) is 4.98 Å². The third kappa shape index (κ3) is 3.18. The summed E-state index contributed by atoms with van der Waals surface area (Å²) >= 11 is 17.5. The quantitative estimate of drug-likeness (QED) is 0.686. The lowest BCUT2D eigenvalue weighted by Gasteiger charge is -2.03. The molecule has 1 heterocycles. The highest BCUT2D eigenvalue weighted by Gasteiger charge is 2.10. The topological polar surface area (TPSA) is 33.6 Å². The molecular weight excluding hydrogens is 325 g/mol. The highest BCUT2D eigenvalue weighted by molar-refractivity contribution is 7.71. The minimum atomic E-state index is 0.477. The van der Waals surface area contributed by atoms with Gasteiger partial charge >= 0.3 is 0 Å². The van der Waals surface area contributed by atoms with E-state index in [0.717, 1.165) is 11.1 Å². The number of hydrogen-bond acceptors (Lipinski definition) is 2. The second kappa shape index (κ2) is 6.02. The van der Waals surface area contributed by atoms with Crippen molar-refractivity contribution in [2.75, 3.05) is 0 Å². The van der Waals surface area contributed by atoms with Gasteiger partial charge in [0.15, 0.2) is 5.82 Å². The number of hydrogen-bond donors (Lipinski definition) is 1. The summed E-state index contributed by atoms with van der Waals surface area (Å²) in [4.78, 5) is 4.36. The molecule has 0 spiro atoms. The Hall–Kier alpha value is -1.62. The number of nitrogens with zero attached hydrogens (tertiary/aromatic N) is 2. The Balaban J connectivity index is 1.98. The maximum atomic E-state index is 6.19. The normalized spacial score (nSPS) is 10.8. The van der Waals surface area contributed by atoms with Gasteiger partial charge in [-0.25, -0.2) is 0 Å². The molecule has 106 valence electrons. The first-order chi connectivity index (χ1) is 10.1. The van der Waals surface area contributed by atoms with E-state index in [-0.39, 0.29) is 0 Å². The van der Waals surface area contributed by atoms with Crippen molar-refractivity contribution in [1.29, 1.82) is 0 Å². The van der Waals surface area contributed by atoms with Gasteiger partial charge in [0, 0.05) is 10.6 Å². The second-order valence-electron chi connectivity index (χ2n) is 4.55. The number of halogens is 2. The van der Waals surface area contributed by atoms with Gasteiger partial charge in [0.2, 0.25) is 4.77 Å². The fraction of sp³-hybridized carbons (Fsp3) is 0.0667. The van der Waals surface area contributed by atoms with E-state index in [1.54, 1.807) is 22.9 Å². The van der Waals surface area contributed by atoms with E-state index >= 15 is 0 Å². The third-order valence-electron chi connectivity index (χ3n) is 3.05. The summed E-state index contributed by atoms with van der Waals surface area (Å²) in [6.07, 6.45) is 0. The molecule has 0 amide bonds. The zero-order valence-corrected chi connectivity index (χ0v) is 13.2. The Morgan fingerprint density at radius 1 is 1.10 bits per heavy atom. The van der Waals surface area contributed by atoms with E-state index in [4.69, 9.17) is 35.4 Å². The van der Waals surface area contributed by atoms with Gasteiger partial charge in [-0.1, -0.05) is 53.5 Å². The average Bonchev–Trinajstić information content (AvgIpc) is 2.84. The second-order valence-corrected chi connectivity index (χ2v) is 5.76. The summed E-state index contributed by atoms with van der Waals surface area (Å²) < 4.78 is 2.28. The Kier molecular flexibility index (Phi) is 4.10. The van der Waals surface area contributed by atoms with Crippen LogP contribution in [-0.2, 0) is 6.54 Å². The summed E-state index contributed by atoms with van der Waals surface area (Å²) in [5.41, 5.74) is 1.88. The minimum Gasteiger partial charge on any atom is -0.279 e. The standard InChI is InChI=1S/C15H11Cl2N3S/c16-11-6-7-13(17)12(8-11)14-18-15(21)20(19-14)9-10-4-2-1-3-5-10/h1-8H,9H2,(H,18,19,21). The van der Waals surface area contributed by atoms with Crippen LogP contribution in [-0.4, -0.2) is 14.8 Å². The lowest BCUT2D eigenvalue weighted by molar-refractivity contribution is 0.677. The van der Waals surface area contributed by atoms with Crippen molar-refractivity contribution in [3.63, 3.8) is 0 Å². The molecule has 3 nitrogen and oxygen atoms in total. The number of benzene rings is 2. The van der Waals surface area contributed by atoms with Crippen LogP contribution in [0.15, 0.2) is 48.5 Å². The lowest BCUT2D eigenvalue weighted by Crippen LogP contribution is -2.01. The molecule has 21 heavy (non-hydrogen) atoms. The molecule has 3 rings (SSSR count). The fourth-order valence-electron chi connectivity index (χ4n) is 2.03. The predicted molar refractivity (Wildman–Crippen MR) is 88.4 cm³/mol. The van der Waals surface area contributed by atoms with Gasteiger partial charge in [-0.15, -0.1) is 0 Å². The fourth-order valence-corrected chi connectivity index (χ4v) is 2.61. The Bertz CT molecular complexity index is 824. The first kappa shape index (κ1) is 14.3. The van der Waals surface area contributed by atoms with Crippen LogP contribution < -0.4 is 0 Å². The van der Waals surface area contributed by atoms with E-state index in [2.05, 4.69) is 10.1 Å². The highest BCUT2D eigenvalue weighted by Crippen LogP contribution is 2.28. The van der Waals surface area contributed by atoms with Crippen LogP contribution in [0.1, 0.15) is 5.56 Å². The zero-order chi connectivity index (χ0) is 14.8. The van der Waals surface area contributed by atoms with Gasteiger partial charge in [0.25, 0.3) is 0 Å². The van der Waals surface area contributed by atoms with E-state index in [0.29, 0.717) is 27.2 Å². The van der Waals surface area contributed by atoms with Crippen molar-refractivity contribution in [1.82, 2.24) is 14.8 Å². The number of nitrogens with one attached hydrogen (secondary N) is 1. The van der Waals surface area contributed by atoms with E-state index in [1.807, 2.05) is 30.3 Å². The van der Waals surface area contributed by atoms with E-state index < -0.39 is 0 Å². The van der Waals surface area contributed by atoms with Crippen LogP contribution >= 0.6 is 35.4 Å². The van der Waals surface area contributed by atoms with E-state index in [9.17, 15) is 0 Å². The van der Waals surface area contributed by atoms with Crippen molar-refractivity contribution in [2.45, 2.75) is 6.54 Å². The van der Waals surface area contributed by atoms with Gasteiger partial charge in [-0.05, 0) is 36.0 Å². The van der Waals surface area contributed by atoms with Crippen LogP contribution in [0.25, 0.3) is 11.4 Å². The summed E-state index contributed by atoms with van der Waals surface area (Å²) in [5, 5.41) is 4.35. The van der Waals surface area contributed by atoms with Crippen molar-refractivity contribution in [3.05, 3.63) is 68.9 Å². The molecule has 0 aliphatic heterocycles. The van der Waals surface area contributed by atoms with Crippen LogP contribution in [0.3, 0.4) is 0 Å². The van der Waals surface area contributed by atoms with Gasteiger partial charge < -0.3 is 0 Å². The predicted octanol–water partition coefficient (Wildman–Crippen LogP) is 4.96. The van der Waals surface area contributed by atoms with Crippen LogP contribution in [0.5, 0.6) is 0 Å². The van der Waals surface area contributed by atoms with Crippen molar-refractivity contribution in [2.24, 2.45) is 0 Å². The molecule has 0 saturated carbocycles. The SMILES string of the molecule is S=c1nc(-c2cc(Cl)ccc2Cl)[nH]n1Cc1ccccc1. The number of aromatic nitrogens is 3. The van der Waals surface area contributed by atoms with Gasteiger partial charge in [0.1, 0.15) is 0 Å². The first-order valence-corrected chi connectivity index (χ1v) is 7.46. The monoisotopic (exact) mass is 335 g/mol. The Morgan fingerprint density at radius 3 is 2.62 bits per heavy atom. The minimum absolute atomic E-state index is 0.477. The van der Waals surface area contributed by atoms with Crippen LogP contribution in [0.2, 0.25) is 10.0 Å². The Labute approximate surface area is 137 Å². The molecule has 3 aromatic rings. The smallest absolute Gasteiger partial charge is 0.216 e. The molecule has 0 radical (unpaired) electrons. The molecule has 0 atom stereocenters. The zero-order valence-electron chi connectivity index (χ0n) is 10.9. The molecule has 0 aliphatic carbocycles. The molecule has 0 fully saturated rings. The lowest BCUT2D eigenvalue weighted by atomic mass is 10.2. The molecule has 0 saturated heterocycles. The molecule has 2 aromatic carbocycles. The van der Waals surface area contributed by atoms with Crippen LogP contribution in [0, 0.1) is 4.77 Å². The maximum absolute atomic E-state index is 6.19. The maximum Gasteiger partial charge on any atom is 0.216 e. The van der Waals surface area contributed by atoms with E-state index in [1.165, 1.54) is 0 Å². The molecular formula is C15H11Cl2N3S. The summed E-state index contributed by atoms with van der Waals surface area (Å²) in [6, 6.07) is 15.3. The van der Waals surface area contributed by atoms with Gasteiger partial charge in [0.05, 0.1) is 11.6 Å². The summed E-state index contributed by atoms with van der Waals surface area (Å²) in [6.45, 7) is 0.630. The summed E-state index contributed by atoms with van der Waals surface area (Å²) in [7, 11) is 0.